The molecule has 1 saturated heterocycles. The molecule has 160 valence electrons. The van der Waals surface area contributed by atoms with Gasteiger partial charge in [0, 0.05) is 39.3 Å². The Labute approximate surface area is 188 Å². The molecule has 9 heteroatoms. The predicted octanol–water partition coefficient (Wildman–Crippen LogP) is 3.47. The summed E-state index contributed by atoms with van der Waals surface area (Å²) in [6.07, 6.45) is 0. The lowest BCUT2D eigenvalue weighted by Crippen LogP contribution is -2.48. The largest absolute Gasteiger partial charge is 0.497 e. The quantitative estimate of drug-likeness (QED) is 0.482. The van der Waals surface area contributed by atoms with E-state index < -0.39 is 0 Å². The lowest BCUT2D eigenvalue weighted by molar-refractivity contribution is 0.0947. The van der Waals surface area contributed by atoms with Crippen molar-refractivity contribution in [2.75, 3.05) is 51.3 Å². The molecular formula is C22H23N5O2S2. The molecule has 1 amide bonds. The van der Waals surface area contributed by atoms with Crippen molar-refractivity contribution in [3.63, 3.8) is 0 Å². The molecule has 5 rings (SSSR count). The van der Waals surface area contributed by atoms with Crippen LogP contribution in [0.3, 0.4) is 0 Å². The lowest BCUT2D eigenvalue weighted by atomic mass is 10.3. The first-order valence-corrected chi connectivity index (χ1v) is 11.9. The number of ether oxygens (including phenoxy) is 1. The fourth-order valence-electron chi connectivity index (χ4n) is 3.69. The second kappa shape index (κ2) is 8.78. The number of nitrogens with zero attached hydrogens (tertiary/aromatic N) is 4. The van der Waals surface area contributed by atoms with Crippen LogP contribution in [-0.4, -0.2) is 67.2 Å². The summed E-state index contributed by atoms with van der Waals surface area (Å²) in [5.41, 5.74) is 1.89. The number of aromatic nitrogens is 2. The number of nitrogens with one attached hydrogen (secondary N) is 1. The number of hydrogen-bond acceptors (Lipinski definition) is 8. The highest BCUT2D eigenvalue weighted by atomic mass is 32.1. The van der Waals surface area contributed by atoms with Crippen LogP contribution < -0.4 is 15.0 Å². The van der Waals surface area contributed by atoms with Gasteiger partial charge in [0.15, 0.2) is 10.1 Å². The van der Waals surface area contributed by atoms with Gasteiger partial charge < -0.3 is 15.0 Å². The number of anilines is 1. The van der Waals surface area contributed by atoms with Crippen molar-refractivity contribution in [2.24, 2.45) is 0 Å². The van der Waals surface area contributed by atoms with Crippen LogP contribution in [0, 0.1) is 0 Å². The Morgan fingerprint density at radius 3 is 2.65 bits per heavy atom. The first-order valence-electron chi connectivity index (χ1n) is 10.3. The van der Waals surface area contributed by atoms with Crippen molar-refractivity contribution in [3.05, 3.63) is 47.5 Å². The van der Waals surface area contributed by atoms with Crippen molar-refractivity contribution < 1.29 is 9.53 Å². The smallest absolute Gasteiger partial charge is 0.280 e. The zero-order valence-electron chi connectivity index (χ0n) is 17.2. The number of amides is 1. The fourth-order valence-corrected chi connectivity index (χ4v) is 5.62. The summed E-state index contributed by atoms with van der Waals surface area (Å²) in [6.45, 7) is 5.23. The molecule has 0 saturated carbocycles. The van der Waals surface area contributed by atoms with Crippen LogP contribution in [0.4, 0.5) is 5.13 Å². The third-order valence-electron chi connectivity index (χ3n) is 5.43. The van der Waals surface area contributed by atoms with Gasteiger partial charge in [0.2, 0.25) is 0 Å². The highest BCUT2D eigenvalue weighted by molar-refractivity contribution is 7.22. The number of piperazine rings is 1. The number of methoxy groups -OCH3 is 1. The van der Waals surface area contributed by atoms with Crippen LogP contribution in [0.25, 0.3) is 20.4 Å². The number of fused-ring (bicyclic) bond motifs is 2. The topological polar surface area (TPSA) is 70.6 Å². The number of para-hydroxylation sites is 1. The molecule has 0 radical (unpaired) electrons. The van der Waals surface area contributed by atoms with Gasteiger partial charge in [0.05, 0.1) is 27.5 Å². The third-order valence-corrected chi connectivity index (χ3v) is 7.54. The summed E-state index contributed by atoms with van der Waals surface area (Å²) in [5, 5.41) is 4.60. The maximum Gasteiger partial charge on any atom is 0.280 e. The summed E-state index contributed by atoms with van der Waals surface area (Å²) in [7, 11) is 1.68. The molecule has 1 aliphatic rings. The fraction of sp³-hybridized carbons (Fsp3) is 0.318. The predicted molar refractivity (Wildman–Crippen MR) is 127 cm³/mol. The van der Waals surface area contributed by atoms with Gasteiger partial charge in [-0.25, -0.2) is 9.97 Å². The molecule has 31 heavy (non-hydrogen) atoms. The molecule has 0 atom stereocenters. The number of carbonyl (C=O) groups excluding carboxylic acids is 1. The maximum absolute atomic E-state index is 12.4. The summed E-state index contributed by atoms with van der Waals surface area (Å²) < 4.78 is 7.50. The maximum atomic E-state index is 12.4. The summed E-state index contributed by atoms with van der Waals surface area (Å²) >= 11 is 3.15. The minimum atomic E-state index is -0.0928. The Kier molecular flexibility index (Phi) is 5.71. The van der Waals surface area contributed by atoms with Crippen molar-refractivity contribution in [2.45, 2.75) is 0 Å². The number of benzene rings is 2. The minimum absolute atomic E-state index is 0.0928. The Morgan fingerprint density at radius 2 is 1.84 bits per heavy atom. The summed E-state index contributed by atoms with van der Waals surface area (Å²) in [4.78, 5) is 26.3. The Bertz CT molecular complexity index is 1180. The second-order valence-corrected chi connectivity index (χ2v) is 9.44. The Hall–Kier alpha value is -2.75. The van der Waals surface area contributed by atoms with E-state index in [1.807, 2.05) is 42.5 Å². The van der Waals surface area contributed by atoms with E-state index in [0.717, 1.165) is 64.0 Å². The first-order chi connectivity index (χ1) is 15.2. The number of thiazole rings is 2. The molecule has 3 heterocycles. The van der Waals surface area contributed by atoms with Crippen molar-refractivity contribution >= 4 is 54.1 Å². The van der Waals surface area contributed by atoms with Crippen LogP contribution in [0.2, 0.25) is 0 Å². The van der Waals surface area contributed by atoms with Crippen molar-refractivity contribution in [3.8, 4) is 5.75 Å². The van der Waals surface area contributed by atoms with E-state index in [1.165, 1.54) is 11.3 Å². The highest BCUT2D eigenvalue weighted by Crippen LogP contribution is 2.31. The molecule has 1 aliphatic heterocycles. The molecular weight excluding hydrogens is 430 g/mol. The van der Waals surface area contributed by atoms with Gasteiger partial charge in [-0.15, -0.1) is 11.3 Å². The van der Waals surface area contributed by atoms with Crippen LogP contribution in [0.1, 0.15) is 9.80 Å². The van der Waals surface area contributed by atoms with E-state index in [0.29, 0.717) is 11.6 Å². The summed E-state index contributed by atoms with van der Waals surface area (Å²) in [6, 6.07) is 13.8. The second-order valence-electron chi connectivity index (χ2n) is 7.40. The first kappa shape index (κ1) is 20.2. The zero-order valence-corrected chi connectivity index (χ0v) is 18.8. The van der Waals surface area contributed by atoms with Gasteiger partial charge in [-0.05, 0) is 30.3 Å². The molecule has 2 aromatic carbocycles. The SMILES string of the molecule is COc1ccc2nc(N3CCN(CCNC(=O)c4nc5ccccc5s4)CC3)sc2c1. The molecule has 7 nitrogen and oxygen atoms in total. The minimum Gasteiger partial charge on any atom is -0.497 e. The number of carbonyl (C=O) groups is 1. The molecule has 1 fully saturated rings. The molecule has 1 N–H and O–H groups in total. The molecule has 0 spiro atoms. The van der Waals surface area contributed by atoms with Crippen LogP contribution in [0.15, 0.2) is 42.5 Å². The van der Waals surface area contributed by atoms with Gasteiger partial charge in [0.1, 0.15) is 5.75 Å². The summed E-state index contributed by atoms with van der Waals surface area (Å²) in [5.74, 6) is 0.769. The van der Waals surface area contributed by atoms with Crippen molar-refractivity contribution in [1.82, 2.24) is 20.2 Å². The van der Waals surface area contributed by atoms with E-state index in [4.69, 9.17) is 9.72 Å². The van der Waals surface area contributed by atoms with Crippen LogP contribution >= 0.6 is 22.7 Å². The highest BCUT2D eigenvalue weighted by Gasteiger charge is 2.20. The number of rotatable bonds is 6. The van der Waals surface area contributed by atoms with Gasteiger partial charge >= 0.3 is 0 Å². The molecule has 4 aromatic rings. The molecule has 2 aromatic heterocycles. The Balaban J connectivity index is 1.11. The lowest BCUT2D eigenvalue weighted by Gasteiger charge is -2.34. The van der Waals surface area contributed by atoms with Crippen molar-refractivity contribution in [1.29, 1.82) is 0 Å². The van der Waals surface area contributed by atoms with Gasteiger partial charge in [-0.3, -0.25) is 9.69 Å². The molecule has 0 bridgehead atoms. The zero-order chi connectivity index (χ0) is 21.2. The van der Waals surface area contributed by atoms with Gasteiger partial charge in [0.25, 0.3) is 5.91 Å². The Morgan fingerprint density at radius 1 is 1.03 bits per heavy atom. The normalized spacial score (nSPS) is 14.9. The third kappa shape index (κ3) is 4.34. The van der Waals surface area contributed by atoms with Gasteiger partial charge in [-0.2, -0.15) is 0 Å². The molecule has 0 unspecified atom stereocenters. The van der Waals surface area contributed by atoms with E-state index in [-0.39, 0.29) is 5.91 Å². The number of hydrogen-bond donors (Lipinski definition) is 1. The average molecular weight is 454 g/mol. The van der Waals surface area contributed by atoms with E-state index in [2.05, 4.69) is 20.1 Å². The van der Waals surface area contributed by atoms with Gasteiger partial charge in [-0.1, -0.05) is 23.5 Å². The molecule has 0 aliphatic carbocycles. The monoisotopic (exact) mass is 453 g/mol. The van der Waals surface area contributed by atoms with E-state index in [9.17, 15) is 4.79 Å². The van der Waals surface area contributed by atoms with Crippen LogP contribution in [0.5, 0.6) is 5.75 Å². The average Bonchev–Trinajstić information content (AvgIpc) is 3.43. The van der Waals surface area contributed by atoms with E-state index in [1.54, 1.807) is 18.4 Å². The van der Waals surface area contributed by atoms with E-state index >= 15 is 0 Å². The van der Waals surface area contributed by atoms with Crippen LogP contribution in [-0.2, 0) is 0 Å². The standard InChI is InChI=1S/C22H23N5O2S2/c1-29-15-6-7-17-19(14-15)31-22(25-17)27-12-10-26(11-13-27)9-8-23-20(28)21-24-16-4-2-3-5-18(16)30-21/h2-7,14H,8-13H2,1H3,(H,23,28).